The van der Waals surface area contributed by atoms with Crippen LogP contribution in [0.1, 0.15) is 31.5 Å². The van der Waals surface area contributed by atoms with Gasteiger partial charge in [0, 0.05) is 36.0 Å². The van der Waals surface area contributed by atoms with Crippen molar-refractivity contribution in [2.24, 2.45) is 0 Å². The molecule has 0 spiro atoms. The predicted octanol–water partition coefficient (Wildman–Crippen LogP) is 3.34. The van der Waals surface area contributed by atoms with Gasteiger partial charge in [0.2, 0.25) is 0 Å². The summed E-state index contributed by atoms with van der Waals surface area (Å²) in [6.07, 6.45) is 2.53. The van der Waals surface area contributed by atoms with E-state index >= 15 is 0 Å². The van der Waals surface area contributed by atoms with Gasteiger partial charge in [-0.05, 0) is 31.0 Å². The van der Waals surface area contributed by atoms with Gasteiger partial charge in [-0.3, -0.25) is 4.98 Å². The maximum absolute atomic E-state index is 11.0. The van der Waals surface area contributed by atoms with E-state index in [1.54, 1.807) is 6.92 Å². The first kappa shape index (κ1) is 16.5. The Labute approximate surface area is 144 Å². The van der Waals surface area contributed by atoms with Gasteiger partial charge in [0.25, 0.3) is 0 Å². The summed E-state index contributed by atoms with van der Waals surface area (Å²) in [4.78, 5) is 20.5. The van der Waals surface area contributed by atoms with Crippen LogP contribution < -0.4 is 5.32 Å². The second-order valence-corrected chi connectivity index (χ2v) is 6.97. The number of carbonyl (C=O) groups is 1. The molecular weight excluding hydrogens is 322 g/mol. The van der Waals surface area contributed by atoms with E-state index in [1.807, 2.05) is 12.3 Å². The molecule has 3 aromatic rings. The number of aromatic carboxylic acids is 1. The number of hydrogen-bond acceptors (Lipinski definition) is 5. The maximum Gasteiger partial charge on any atom is 0.355 e. The van der Waals surface area contributed by atoms with Crippen LogP contribution in [0, 0.1) is 13.8 Å². The minimum Gasteiger partial charge on any atom is -0.476 e. The van der Waals surface area contributed by atoms with Crippen molar-refractivity contribution in [3.63, 3.8) is 0 Å². The highest BCUT2D eigenvalue weighted by Crippen LogP contribution is 2.20. The summed E-state index contributed by atoms with van der Waals surface area (Å²) in [6, 6.07) is 8.22. The molecule has 2 heterocycles. The molecule has 0 fully saturated rings. The summed E-state index contributed by atoms with van der Waals surface area (Å²) in [5.41, 5.74) is 3.62. The zero-order valence-corrected chi connectivity index (χ0v) is 14.5. The van der Waals surface area contributed by atoms with Gasteiger partial charge < -0.3 is 10.4 Å². The number of rotatable bonds is 6. The normalized spacial score (nSPS) is 11.1. The van der Waals surface area contributed by atoms with Crippen LogP contribution in [0.5, 0.6) is 0 Å². The van der Waals surface area contributed by atoms with Gasteiger partial charge in [-0.1, -0.05) is 18.2 Å². The Morgan fingerprint density at radius 3 is 2.88 bits per heavy atom. The second-order valence-electron chi connectivity index (χ2n) is 5.68. The first-order valence-electron chi connectivity index (χ1n) is 7.80. The van der Waals surface area contributed by atoms with E-state index in [0.717, 1.165) is 40.3 Å². The highest BCUT2D eigenvalue weighted by atomic mass is 32.1. The molecule has 0 amide bonds. The van der Waals surface area contributed by atoms with E-state index in [2.05, 4.69) is 40.4 Å². The van der Waals surface area contributed by atoms with Crippen LogP contribution in [0.3, 0.4) is 0 Å². The Kier molecular flexibility index (Phi) is 4.87. The molecule has 0 unspecified atom stereocenters. The van der Waals surface area contributed by atoms with E-state index in [-0.39, 0.29) is 5.69 Å². The topological polar surface area (TPSA) is 75.1 Å². The lowest BCUT2D eigenvalue weighted by Crippen LogP contribution is -2.17. The highest BCUT2D eigenvalue weighted by molar-refractivity contribution is 7.11. The van der Waals surface area contributed by atoms with Crippen molar-refractivity contribution in [2.75, 3.05) is 6.54 Å². The lowest BCUT2D eigenvalue weighted by atomic mass is 10.0. The molecule has 0 saturated heterocycles. The summed E-state index contributed by atoms with van der Waals surface area (Å²) in [7, 11) is 0. The number of carboxylic acid groups (broad SMARTS) is 1. The van der Waals surface area contributed by atoms with Gasteiger partial charge in [-0.15, -0.1) is 11.3 Å². The average Bonchev–Trinajstić information content (AvgIpc) is 2.94. The third kappa shape index (κ3) is 3.44. The molecule has 0 atom stereocenters. The average molecular weight is 341 g/mol. The number of pyridine rings is 1. The summed E-state index contributed by atoms with van der Waals surface area (Å²) in [6.45, 7) is 5.36. The minimum atomic E-state index is -0.958. The third-order valence-electron chi connectivity index (χ3n) is 3.97. The number of hydrogen-bond donors (Lipinski definition) is 2. The number of nitrogens with zero attached hydrogens (tertiary/aromatic N) is 2. The van der Waals surface area contributed by atoms with E-state index in [4.69, 9.17) is 5.11 Å². The van der Waals surface area contributed by atoms with Crippen molar-refractivity contribution in [1.29, 1.82) is 0 Å². The Bertz CT molecular complexity index is 889. The molecule has 2 aromatic heterocycles. The first-order valence-corrected chi connectivity index (χ1v) is 8.61. The number of benzene rings is 1. The number of carboxylic acids is 1. The number of fused-ring (bicyclic) bond motifs is 1. The fourth-order valence-corrected chi connectivity index (χ4v) is 3.62. The molecule has 0 bridgehead atoms. The molecule has 2 N–H and O–H groups in total. The van der Waals surface area contributed by atoms with Crippen molar-refractivity contribution in [2.45, 2.75) is 26.8 Å². The minimum absolute atomic E-state index is 0.170. The Morgan fingerprint density at radius 2 is 2.12 bits per heavy atom. The third-order valence-corrected chi connectivity index (χ3v) is 5.01. The van der Waals surface area contributed by atoms with Crippen LogP contribution in [0.2, 0.25) is 0 Å². The molecule has 3 rings (SSSR count). The SMILES string of the molecule is Cc1ccc2cccnc2c1CNCCc1nc(C(=O)O)c(C)s1. The van der Waals surface area contributed by atoms with Gasteiger partial charge in [-0.2, -0.15) is 0 Å². The van der Waals surface area contributed by atoms with Crippen molar-refractivity contribution in [3.8, 4) is 0 Å². The monoisotopic (exact) mass is 341 g/mol. The molecule has 6 heteroatoms. The summed E-state index contributed by atoms with van der Waals surface area (Å²) in [5.74, 6) is -0.958. The van der Waals surface area contributed by atoms with Crippen LogP contribution in [-0.4, -0.2) is 27.6 Å². The van der Waals surface area contributed by atoms with Crippen molar-refractivity contribution in [1.82, 2.24) is 15.3 Å². The zero-order chi connectivity index (χ0) is 17.1. The summed E-state index contributed by atoms with van der Waals surface area (Å²) < 4.78 is 0. The molecule has 0 saturated carbocycles. The Morgan fingerprint density at radius 1 is 1.29 bits per heavy atom. The van der Waals surface area contributed by atoms with E-state index in [0.29, 0.717) is 0 Å². The number of thiazole rings is 1. The first-order chi connectivity index (χ1) is 11.6. The molecule has 0 radical (unpaired) electrons. The molecule has 5 nitrogen and oxygen atoms in total. The zero-order valence-electron chi connectivity index (χ0n) is 13.7. The molecule has 24 heavy (non-hydrogen) atoms. The van der Waals surface area contributed by atoms with Gasteiger partial charge in [-0.25, -0.2) is 9.78 Å². The molecular formula is C18H19N3O2S. The summed E-state index contributed by atoms with van der Waals surface area (Å²) >= 11 is 1.45. The van der Waals surface area contributed by atoms with E-state index in [9.17, 15) is 4.79 Å². The molecule has 1 aromatic carbocycles. The van der Waals surface area contributed by atoms with Crippen LogP contribution in [0.4, 0.5) is 0 Å². The lowest BCUT2D eigenvalue weighted by Gasteiger charge is -2.10. The summed E-state index contributed by atoms with van der Waals surface area (Å²) in [5, 5.41) is 14.5. The molecule has 0 aliphatic heterocycles. The highest BCUT2D eigenvalue weighted by Gasteiger charge is 2.13. The van der Waals surface area contributed by atoms with E-state index < -0.39 is 5.97 Å². The van der Waals surface area contributed by atoms with Gasteiger partial charge in [0.15, 0.2) is 5.69 Å². The molecule has 0 aliphatic carbocycles. The van der Waals surface area contributed by atoms with Crippen molar-refractivity contribution >= 4 is 28.2 Å². The lowest BCUT2D eigenvalue weighted by molar-refractivity contribution is 0.0690. The van der Waals surface area contributed by atoms with E-state index in [1.165, 1.54) is 22.5 Å². The van der Waals surface area contributed by atoms with Crippen LogP contribution in [0.15, 0.2) is 30.5 Å². The maximum atomic E-state index is 11.0. The van der Waals surface area contributed by atoms with Crippen molar-refractivity contribution in [3.05, 3.63) is 57.2 Å². The number of nitrogens with one attached hydrogen (secondary N) is 1. The second kappa shape index (κ2) is 7.07. The standard InChI is InChI=1S/C18H19N3O2S/c1-11-5-6-13-4-3-8-20-17(13)14(11)10-19-9-7-15-21-16(18(22)23)12(2)24-15/h3-6,8,19H,7,9-10H2,1-2H3,(H,22,23). The number of aromatic nitrogens is 2. The fraction of sp³-hybridized carbons (Fsp3) is 0.278. The van der Waals surface area contributed by atoms with Crippen LogP contribution in [-0.2, 0) is 13.0 Å². The van der Waals surface area contributed by atoms with Crippen molar-refractivity contribution < 1.29 is 9.90 Å². The van der Waals surface area contributed by atoms with Gasteiger partial charge >= 0.3 is 5.97 Å². The van der Waals surface area contributed by atoms with Gasteiger partial charge in [0.1, 0.15) is 0 Å². The Hall–Kier alpha value is -2.31. The predicted molar refractivity (Wildman–Crippen MR) is 95.7 cm³/mol. The van der Waals surface area contributed by atoms with Crippen LogP contribution >= 0.6 is 11.3 Å². The van der Waals surface area contributed by atoms with Crippen LogP contribution in [0.25, 0.3) is 10.9 Å². The fourth-order valence-electron chi connectivity index (χ4n) is 2.70. The smallest absolute Gasteiger partial charge is 0.355 e. The Balaban J connectivity index is 1.64. The van der Waals surface area contributed by atoms with Gasteiger partial charge in [0.05, 0.1) is 10.5 Å². The number of aryl methyl sites for hydroxylation is 2. The molecule has 124 valence electrons. The largest absolute Gasteiger partial charge is 0.476 e. The quantitative estimate of drug-likeness (QED) is 0.673. The molecule has 0 aliphatic rings.